The largest absolute Gasteiger partial charge is 0.352 e. The molecule has 1 saturated heterocycles. The van der Waals surface area contributed by atoms with Gasteiger partial charge in [0.25, 0.3) is 5.91 Å². The predicted octanol–water partition coefficient (Wildman–Crippen LogP) is 3.09. The van der Waals surface area contributed by atoms with Crippen LogP contribution in [0.4, 0.5) is 0 Å². The molecule has 0 bridgehead atoms. The first-order valence-electron chi connectivity index (χ1n) is 11.1. The number of aromatic nitrogens is 4. The SMILES string of the molecule is O=C(NCCc1ccccn1)c1ccc2nnc([C@@H]3CCN(Cc4ccccc4)C3)n2c1. The van der Waals surface area contributed by atoms with Gasteiger partial charge in [-0.15, -0.1) is 10.2 Å². The van der Waals surface area contributed by atoms with Crippen molar-refractivity contribution in [1.82, 2.24) is 29.8 Å². The van der Waals surface area contributed by atoms with Crippen molar-refractivity contribution >= 4 is 11.6 Å². The Kier molecular flexibility index (Phi) is 5.89. The first-order valence-corrected chi connectivity index (χ1v) is 11.1. The normalized spacial score (nSPS) is 16.4. The van der Waals surface area contributed by atoms with Gasteiger partial charge in [-0.3, -0.25) is 19.1 Å². The third-order valence-electron chi connectivity index (χ3n) is 5.97. The van der Waals surface area contributed by atoms with Gasteiger partial charge < -0.3 is 5.32 Å². The number of likely N-dealkylation sites (tertiary alicyclic amines) is 1. The van der Waals surface area contributed by atoms with Crippen LogP contribution in [0.25, 0.3) is 5.65 Å². The molecule has 3 aromatic heterocycles. The van der Waals surface area contributed by atoms with Crippen LogP contribution in [-0.4, -0.2) is 50.0 Å². The van der Waals surface area contributed by atoms with E-state index in [1.165, 1.54) is 5.56 Å². The summed E-state index contributed by atoms with van der Waals surface area (Å²) in [5, 5.41) is 11.8. The zero-order valence-electron chi connectivity index (χ0n) is 17.9. The number of amides is 1. The maximum atomic E-state index is 12.7. The highest BCUT2D eigenvalue weighted by molar-refractivity contribution is 5.94. The molecule has 1 fully saturated rings. The Morgan fingerprint density at radius 3 is 2.75 bits per heavy atom. The summed E-state index contributed by atoms with van der Waals surface area (Å²) in [6, 6.07) is 20.0. The van der Waals surface area contributed by atoms with Crippen LogP contribution >= 0.6 is 0 Å². The van der Waals surface area contributed by atoms with E-state index in [9.17, 15) is 4.79 Å². The quantitative estimate of drug-likeness (QED) is 0.492. The maximum Gasteiger partial charge on any atom is 0.252 e. The number of carbonyl (C=O) groups excluding carboxylic acids is 1. The molecule has 0 radical (unpaired) electrons. The Morgan fingerprint density at radius 1 is 1.03 bits per heavy atom. The van der Waals surface area contributed by atoms with Gasteiger partial charge >= 0.3 is 0 Å². The fourth-order valence-corrected chi connectivity index (χ4v) is 4.30. The summed E-state index contributed by atoms with van der Waals surface area (Å²) in [5.41, 5.74) is 3.67. The summed E-state index contributed by atoms with van der Waals surface area (Å²) in [7, 11) is 0. The van der Waals surface area contributed by atoms with Crippen LogP contribution in [0, 0.1) is 0 Å². The second-order valence-corrected chi connectivity index (χ2v) is 8.24. The van der Waals surface area contributed by atoms with E-state index in [0.717, 1.165) is 43.2 Å². The molecule has 7 heteroatoms. The molecule has 5 rings (SSSR count). The number of rotatable bonds is 7. The molecule has 4 heterocycles. The van der Waals surface area contributed by atoms with Gasteiger partial charge in [-0.2, -0.15) is 0 Å². The zero-order valence-corrected chi connectivity index (χ0v) is 17.9. The van der Waals surface area contributed by atoms with Gasteiger partial charge in [0.1, 0.15) is 5.82 Å². The fourth-order valence-electron chi connectivity index (χ4n) is 4.30. The predicted molar refractivity (Wildman–Crippen MR) is 122 cm³/mol. The Hall–Kier alpha value is -3.58. The van der Waals surface area contributed by atoms with Crippen LogP contribution in [0.5, 0.6) is 0 Å². The zero-order chi connectivity index (χ0) is 21.8. The van der Waals surface area contributed by atoms with Gasteiger partial charge in [0.15, 0.2) is 5.65 Å². The molecular weight excluding hydrogens is 400 g/mol. The Labute approximate surface area is 187 Å². The molecule has 1 N–H and O–H groups in total. The van der Waals surface area contributed by atoms with Crippen LogP contribution in [0.2, 0.25) is 0 Å². The topological polar surface area (TPSA) is 75.4 Å². The van der Waals surface area contributed by atoms with E-state index in [4.69, 9.17) is 0 Å². The van der Waals surface area contributed by atoms with Gasteiger partial charge in [0, 0.05) is 50.1 Å². The van der Waals surface area contributed by atoms with Crippen LogP contribution in [-0.2, 0) is 13.0 Å². The summed E-state index contributed by atoms with van der Waals surface area (Å²) in [5.74, 6) is 1.13. The van der Waals surface area contributed by atoms with Crippen LogP contribution in [0.1, 0.15) is 39.8 Å². The smallest absolute Gasteiger partial charge is 0.252 e. The number of benzene rings is 1. The lowest BCUT2D eigenvalue weighted by molar-refractivity contribution is 0.0953. The third kappa shape index (κ3) is 4.53. The van der Waals surface area contributed by atoms with Gasteiger partial charge in [-0.05, 0) is 42.8 Å². The van der Waals surface area contributed by atoms with Crippen LogP contribution < -0.4 is 5.32 Å². The van der Waals surface area contributed by atoms with Crippen LogP contribution in [0.3, 0.4) is 0 Å². The lowest BCUT2D eigenvalue weighted by Crippen LogP contribution is -2.26. The highest BCUT2D eigenvalue weighted by Crippen LogP contribution is 2.27. The van der Waals surface area contributed by atoms with Crippen molar-refractivity contribution in [3.05, 3.63) is 95.7 Å². The van der Waals surface area contributed by atoms with E-state index < -0.39 is 0 Å². The molecule has 0 unspecified atom stereocenters. The maximum absolute atomic E-state index is 12.7. The van der Waals surface area contributed by atoms with E-state index in [0.29, 0.717) is 24.4 Å². The molecule has 1 aromatic carbocycles. The third-order valence-corrected chi connectivity index (χ3v) is 5.97. The highest BCUT2D eigenvalue weighted by atomic mass is 16.1. The summed E-state index contributed by atoms with van der Waals surface area (Å²) in [6.45, 7) is 3.45. The number of carbonyl (C=O) groups is 1. The standard InChI is InChI=1S/C25H26N6O/c32-25(27-14-11-22-8-4-5-13-26-22)21-9-10-23-28-29-24(31(23)18-21)20-12-15-30(17-20)16-19-6-2-1-3-7-19/h1-10,13,18,20H,11-12,14-17H2,(H,27,32)/t20-/m1/s1. The van der Waals surface area contributed by atoms with Crippen molar-refractivity contribution in [2.75, 3.05) is 19.6 Å². The molecule has 0 aliphatic carbocycles. The number of pyridine rings is 2. The monoisotopic (exact) mass is 426 g/mol. The van der Waals surface area contributed by atoms with Crippen molar-refractivity contribution in [2.45, 2.75) is 25.3 Å². The average molecular weight is 427 g/mol. The number of nitrogens with one attached hydrogen (secondary N) is 1. The average Bonchev–Trinajstić information content (AvgIpc) is 3.46. The molecule has 162 valence electrons. The van der Waals surface area contributed by atoms with Crippen molar-refractivity contribution in [2.24, 2.45) is 0 Å². The van der Waals surface area contributed by atoms with E-state index >= 15 is 0 Å². The summed E-state index contributed by atoms with van der Waals surface area (Å²) >= 11 is 0. The Balaban J connectivity index is 1.25. The van der Waals surface area contributed by atoms with Gasteiger partial charge in [-0.25, -0.2) is 0 Å². The molecule has 1 atom stereocenters. The van der Waals surface area contributed by atoms with E-state index in [1.807, 2.05) is 40.9 Å². The van der Waals surface area contributed by atoms with Crippen molar-refractivity contribution in [1.29, 1.82) is 0 Å². The van der Waals surface area contributed by atoms with Crippen LogP contribution in [0.15, 0.2) is 73.1 Å². The molecule has 0 saturated carbocycles. The summed E-state index contributed by atoms with van der Waals surface area (Å²) in [4.78, 5) is 19.4. The minimum absolute atomic E-state index is 0.0976. The number of nitrogens with zero attached hydrogens (tertiary/aromatic N) is 5. The molecule has 4 aromatic rings. The Morgan fingerprint density at radius 2 is 1.91 bits per heavy atom. The van der Waals surface area contributed by atoms with E-state index in [1.54, 1.807) is 12.3 Å². The molecule has 1 amide bonds. The first-order chi connectivity index (χ1) is 15.8. The highest BCUT2D eigenvalue weighted by Gasteiger charge is 2.27. The Bertz CT molecular complexity index is 1190. The summed E-state index contributed by atoms with van der Waals surface area (Å²) < 4.78 is 1.98. The molecule has 7 nitrogen and oxygen atoms in total. The first kappa shape index (κ1) is 20.3. The lowest BCUT2D eigenvalue weighted by atomic mass is 10.1. The lowest BCUT2D eigenvalue weighted by Gasteiger charge is -2.15. The summed E-state index contributed by atoms with van der Waals surface area (Å²) in [6.07, 6.45) is 5.36. The molecule has 0 spiro atoms. The van der Waals surface area contributed by atoms with Gasteiger partial charge in [0.2, 0.25) is 0 Å². The number of hydrogen-bond acceptors (Lipinski definition) is 5. The van der Waals surface area contributed by atoms with Gasteiger partial charge in [0.05, 0.1) is 5.56 Å². The fraction of sp³-hybridized carbons (Fsp3) is 0.280. The number of hydrogen-bond donors (Lipinski definition) is 1. The second-order valence-electron chi connectivity index (χ2n) is 8.24. The van der Waals surface area contributed by atoms with E-state index in [2.05, 4.69) is 49.7 Å². The van der Waals surface area contributed by atoms with E-state index in [-0.39, 0.29) is 5.91 Å². The van der Waals surface area contributed by atoms with Crippen molar-refractivity contribution in [3.63, 3.8) is 0 Å². The van der Waals surface area contributed by atoms with Crippen molar-refractivity contribution < 1.29 is 4.79 Å². The minimum atomic E-state index is -0.0976. The number of fused-ring (bicyclic) bond motifs is 1. The minimum Gasteiger partial charge on any atom is -0.352 e. The molecule has 32 heavy (non-hydrogen) atoms. The second kappa shape index (κ2) is 9.28. The molecule has 1 aliphatic rings. The molecular formula is C25H26N6O. The van der Waals surface area contributed by atoms with Gasteiger partial charge in [-0.1, -0.05) is 36.4 Å². The van der Waals surface area contributed by atoms with Crippen molar-refractivity contribution in [3.8, 4) is 0 Å². The molecule has 1 aliphatic heterocycles.